The number of aromatic hydroxyl groups is 3. The average Bonchev–Trinajstić information content (AvgIpc) is 1.08. The van der Waals surface area contributed by atoms with Gasteiger partial charge in [0.2, 0.25) is 71.1 Å². The van der Waals surface area contributed by atoms with E-state index in [4.69, 9.17) is 67.8 Å². The Balaban J connectivity index is 0.880. The van der Waals surface area contributed by atoms with E-state index in [9.17, 15) is 104 Å². The predicted octanol–water partition coefficient (Wildman–Crippen LogP) is 0.502. The number of amides is 15. The first-order chi connectivity index (χ1) is 68.2. The summed E-state index contributed by atoms with van der Waals surface area (Å²) in [6.45, 7) is 6.68. The van der Waals surface area contributed by atoms with E-state index in [1.165, 1.54) is 50.4 Å². The fourth-order valence-corrected chi connectivity index (χ4v) is 17.3. The van der Waals surface area contributed by atoms with Gasteiger partial charge in [-0.1, -0.05) is 87.6 Å². The Hall–Kier alpha value is -14.1. The largest absolute Gasteiger partial charge is 0.508 e. The Kier molecular flexibility index (Phi) is 35.7. The summed E-state index contributed by atoms with van der Waals surface area (Å²) in [7, 11) is 1.44. The lowest BCUT2D eigenvalue weighted by Crippen LogP contribution is -2.66. The molecule has 0 aromatic heterocycles. The van der Waals surface area contributed by atoms with Gasteiger partial charge in [0.05, 0.1) is 34.7 Å². The molecule has 8 aliphatic rings. The van der Waals surface area contributed by atoms with Gasteiger partial charge in [-0.05, 0) is 152 Å². The van der Waals surface area contributed by atoms with Gasteiger partial charge in [-0.15, -0.1) is 0 Å². The molecular formula is C94H111Cl2N15O33. The summed E-state index contributed by atoms with van der Waals surface area (Å²) < 4.78 is 44.0. The van der Waals surface area contributed by atoms with Crippen molar-refractivity contribution in [2.24, 2.45) is 23.3 Å². The second-order valence-corrected chi connectivity index (χ2v) is 36.8. The van der Waals surface area contributed by atoms with Crippen molar-refractivity contribution in [1.29, 1.82) is 0 Å². The van der Waals surface area contributed by atoms with Crippen LogP contribution in [0.3, 0.4) is 0 Å². The third kappa shape index (κ3) is 26.3. The minimum atomic E-state index is -2.47. The predicted molar refractivity (Wildman–Crippen MR) is 500 cm³/mol. The molecule has 50 heteroatoms. The number of ether oxygens (including phenoxy) is 7. The minimum Gasteiger partial charge on any atom is -0.508 e. The van der Waals surface area contributed by atoms with Gasteiger partial charge in [-0.25, -0.2) is 14.4 Å². The number of carboxylic acid groups (broad SMARTS) is 1. The van der Waals surface area contributed by atoms with E-state index in [2.05, 4.69) is 63.8 Å². The number of phenols is 3. The maximum Gasteiger partial charge on any atom is 0.407 e. The zero-order chi connectivity index (χ0) is 105. The van der Waals surface area contributed by atoms with Crippen molar-refractivity contribution in [2.75, 3.05) is 32.1 Å². The molecule has 0 aliphatic carbocycles. The number of nitrogens with one attached hydrogen (secondary N) is 12. The zero-order valence-electron chi connectivity index (χ0n) is 78.0. The van der Waals surface area contributed by atoms with Crippen LogP contribution in [-0.4, -0.2) is 268 Å². The molecule has 2 fully saturated rings. The van der Waals surface area contributed by atoms with Gasteiger partial charge < -0.3 is 165 Å². The van der Waals surface area contributed by atoms with Crippen LogP contribution < -0.4 is 89.5 Å². The van der Waals surface area contributed by atoms with Crippen LogP contribution in [0.2, 0.25) is 10.0 Å². The second kappa shape index (κ2) is 47.4. The standard InChI is InChI=1S/C94H111Cl2N15O33/c1-39(2)27-53(99-6)82(126)108-72-74(120)43-16-21-57(50(95)29-43)139-59-31-45-32-60(140-58-22-17-44(30-51(58)96)75(121)73-88(132)107-71(89(133)134)49-33-47(113)34-56(115)67(49)48-28-42(15-20-55(48)114)69(85(129)109-73)106-86(130)70(45)105-83(127)54(35-62(97)116)103-87(72)131)78(59)144-91-79(77(123)76(122)61(37-112)141-91)142-66-36-94(5,80(124)90(135)143-66)110-93(137)138-38-41-13-18-46(19-14-41)101-81(125)52(11-10-25-100-92(98)136)102-84(128)68(40(3)4)104-63(117)12-8-7-9-26-111-64(118)23-24-65(111)119/h13-24,28-34,39-40,52-54,61,66,68-77,79-80,90-91,99,112-115,120-124,135H,7-12,25-27,35-38H2,1-6H3,(H2,97,116)(H,101,125)(H,102,128)(H,103,131)(H,104,117)(H,105,127)(H,106,130)(H,107,132)(H,108,126)(H,109,129)(H,110,137)(H,133,134)(H3,98,100,136)/t52-,53+,54-,61-,66?,68-,69+,70+,71+,72+,73-,74+,75+,76-,77+,79-,80+,90+,91+,94-/m0/s1. The smallest absolute Gasteiger partial charge is 0.407 e. The number of phenolic OH excluding ortho intramolecular Hbond substituents is 3. The first-order valence-electron chi connectivity index (χ1n) is 45.6. The highest BCUT2D eigenvalue weighted by Gasteiger charge is 2.54. The number of carbonyl (C=O) groups excluding carboxylic acids is 14. The monoisotopic (exact) mass is 2050 g/mol. The summed E-state index contributed by atoms with van der Waals surface area (Å²) in [5.74, 6) is -20.6. The second-order valence-electron chi connectivity index (χ2n) is 36.0. The first kappa shape index (κ1) is 109. The molecule has 6 aromatic carbocycles. The van der Waals surface area contributed by atoms with Crippen molar-refractivity contribution in [3.05, 3.63) is 159 Å². The summed E-state index contributed by atoms with van der Waals surface area (Å²) in [6, 6.07) is 0.471. The number of imide groups is 1. The molecular weight excluding hydrogens is 1940 g/mol. The third-order valence-corrected chi connectivity index (χ3v) is 25.1. The van der Waals surface area contributed by atoms with Gasteiger partial charge in [0.1, 0.15) is 114 Å². The SMILES string of the molecule is CN[C@H](CC(C)C)C(=O)N[C@H]1C(=O)N[C@@H](CC(N)=O)C(=O)N[C@H]2C(=O)N[C@H]3C(=O)N[C@H](C(=O)N[C@@H](C(=O)O)c4cc(O)cc(O)c4-c4cc3ccc4O)[C@H](O)c3ccc(c(Cl)c3)Oc3cc2cc(c3O[C@H]2O[C@@H](CO)[C@H](O)[C@@H](O)[C@@H]2OC2C[C@](C)(NC(=O)OCc3ccc(NC(=O)[C@H](CCCNC(N)=O)NC(=O)[C@@H](NC(=O)CCCCCN4C(=O)C=CC4=O)C(C)C)cc3)[C@H](O)[C@H](O)O2)Oc2ccc(cc2Cl)[C@H]1O. The van der Waals surface area contributed by atoms with E-state index in [1.807, 2.05) is 0 Å². The Morgan fingerprint density at radius 2 is 1.27 bits per heavy atom. The van der Waals surface area contributed by atoms with Crippen LogP contribution in [0.4, 0.5) is 15.3 Å². The van der Waals surface area contributed by atoms with Gasteiger partial charge >= 0.3 is 18.1 Å². The number of aliphatic hydroxyl groups is 7. The number of nitrogens with zero attached hydrogens (tertiary/aromatic N) is 1. The lowest BCUT2D eigenvalue weighted by Gasteiger charge is -2.47. The topological polar surface area (TPSA) is 743 Å². The van der Waals surface area contributed by atoms with Crippen molar-refractivity contribution < 1.29 is 161 Å². The molecule has 6 aromatic rings. The Morgan fingerprint density at radius 1 is 0.639 bits per heavy atom. The number of halogens is 2. The number of benzene rings is 6. The van der Waals surface area contributed by atoms with Crippen LogP contribution in [0.1, 0.15) is 156 Å². The van der Waals surface area contributed by atoms with Crippen molar-refractivity contribution in [3.63, 3.8) is 0 Å². The number of carboxylic acids is 1. The van der Waals surface area contributed by atoms with Crippen LogP contribution >= 0.6 is 23.2 Å². The molecule has 8 aliphatic heterocycles. The van der Waals surface area contributed by atoms with Crippen molar-refractivity contribution in [1.82, 2.24) is 63.4 Å². The van der Waals surface area contributed by atoms with Crippen molar-refractivity contribution >= 4 is 118 Å². The van der Waals surface area contributed by atoms with Crippen LogP contribution in [0.5, 0.6) is 46.0 Å². The summed E-state index contributed by atoms with van der Waals surface area (Å²) in [6.07, 6.45) is -20.9. The molecule has 2 saturated heterocycles. The first-order valence-corrected chi connectivity index (χ1v) is 46.3. The highest BCUT2D eigenvalue weighted by atomic mass is 35.5. The molecule has 27 N–H and O–H groups in total. The van der Waals surface area contributed by atoms with Crippen LogP contribution in [0, 0.1) is 11.8 Å². The van der Waals surface area contributed by atoms with Gasteiger partial charge in [0.15, 0.2) is 36.2 Å². The molecule has 0 saturated carbocycles. The summed E-state index contributed by atoms with van der Waals surface area (Å²) in [5, 5.41) is 157. The maximum atomic E-state index is 16.3. The van der Waals surface area contributed by atoms with E-state index >= 15 is 24.0 Å². The number of nitrogens with two attached hydrogens (primary N) is 2. The molecule has 0 spiro atoms. The number of aliphatic carboxylic acids is 1. The van der Waals surface area contributed by atoms with Gasteiger partial charge in [0.25, 0.3) is 11.8 Å². The fraction of sp³-hybridized carbons (Fsp3) is 0.436. The number of alkyl carbamates (subject to hydrolysis) is 1. The Bertz CT molecular complexity index is 5900. The van der Waals surface area contributed by atoms with E-state index in [1.54, 1.807) is 27.7 Å². The Morgan fingerprint density at radius 3 is 1.88 bits per heavy atom. The summed E-state index contributed by atoms with van der Waals surface area (Å²) >= 11 is 14.3. The molecule has 0 radical (unpaired) electrons. The fourth-order valence-electron chi connectivity index (χ4n) is 16.8. The van der Waals surface area contributed by atoms with E-state index in [-0.39, 0.29) is 61.5 Å². The molecule has 20 atom stereocenters. The third-order valence-electron chi connectivity index (χ3n) is 24.5. The van der Waals surface area contributed by atoms with E-state index in [0.717, 1.165) is 83.8 Å². The van der Waals surface area contributed by atoms with Crippen LogP contribution in [-0.2, 0) is 87.9 Å². The number of rotatable bonds is 32. The van der Waals surface area contributed by atoms with Crippen molar-refractivity contribution in [3.8, 4) is 57.1 Å². The quantitative estimate of drug-likeness (QED) is 0.0202. The maximum absolute atomic E-state index is 16.3. The normalized spacial score (nSPS) is 24.9. The Labute approximate surface area is 830 Å². The lowest BCUT2D eigenvalue weighted by molar-refractivity contribution is -0.355. The number of fused-ring (bicyclic) bond motifs is 15. The number of primary amides is 2. The van der Waals surface area contributed by atoms with Crippen LogP contribution in [0.15, 0.2) is 115 Å². The number of unbranched alkanes of at least 4 members (excludes halogenated alkanes) is 2. The molecule has 1 unspecified atom stereocenters. The number of carbonyl (C=O) groups is 15. The molecule has 15 amide bonds. The summed E-state index contributed by atoms with van der Waals surface area (Å²) in [4.78, 5) is 210. The molecule has 144 heavy (non-hydrogen) atoms. The van der Waals surface area contributed by atoms with Gasteiger partial charge in [-0.2, -0.15) is 0 Å². The van der Waals surface area contributed by atoms with E-state index in [0.29, 0.717) is 24.8 Å². The molecule has 774 valence electrons. The minimum absolute atomic E-state index is 0.000656. The van der Waals surface area contributed by atoms with Crippen LogP contribution in [0.25, 0.3) is 11.1 Å². The molecule has 8 heterocycles. The van der Waals surface area contributed by atoms with Gasteiger partial charge in [0, 0.05) is 66.5 Å². The average molecular weight is 2050 g/mol. The zero-order valence-corrected chi connectivity index (χ0v) is 79.6. The van der Waals surface area contributed by atoms with Gasteiger partial charge in [-0.3, -0.25) is 62.4 Å². The number of aliphatic hydroxyl groups excluding tert-OH is 7. The molecule has 14 rings (SSSR count). The highest BCUT2D eigenvalue weighted by Crippen LogP contribution is 2.50. The number of likely N-dealkylation sites (N-methyl/N-ethyl adjacent to an activating group) is 1. The number of anilines is 1. The number of urea groups is 1. The number of hydrogen-bond acceptors (Lipinski definition) is 33. The van der Waals surface area contributed by atoms with E-state index < -0.39 is 326 Å². The highest BCUT2D eigenvalue weighted by molar-refractivity contribution is 6.32. The molecule has 11 bridgehead atoms. The summed E-state index contributed by atoms with van der Waals surface area (Å²) in [5.41, 5.74) is 6.12. The lowest BCUT2D eigenvalue weighted by atomic mass is 9.87. The van der Waals surface area contributed by atoms with Crippen molar-refractivity contribution in [2.45, 2.75) is 221 Å². The number of hydrogen-bond donors (Lipinski definition) is 25. The molecule has 48 nitrogen and oxygen atoms in total.